The van der Waals surface area contributed by atoms with Crippen molar-refractivity contribution in [3.05, 3.63) is 35.5 Å². The predicted octanol–water partition coefficient (Wildman–Crippen LogP) is 3.56. The number of aromatic amines is 1. The lowest BCUT2D eigenvalue weighted by atomic mass is 9.95. The van der Waals surface area contributed by atoms with E-state index in [4.69, 9.17) is 0 Å². The van der Waals surface area contributed by atoms with Gasteiger partial charge in [-0.25, -0.2) is 0 Å². The minimum Gasteiger partial charge on any atom is -0.361 e. The fourth-order valence-electron chi connectivity index (χ4n) is 2.21. The van der Waals surface area contributed by atoms with E-state index in [2.05, 4.69) is 37.0 Å². The molecule has 2 aromatic rings. The lowest BCUT2D eigenvalue weighted by molar-refractivity contribution is -0.117. The maximum Gasteiger partial charge on any atom is 0.130 e. The second kappa shape index (κ2) is 4.12. The minimum atomic E-state index is 0.244. The highest BCUT2D eigenvalue weighted by atomic mass is 16.1. The molecule has 0 aliphatic rings. The number of H-pyrrole nitrogens is 1. The molecule has 1 atom stereocenters. The molecule has 0 bridgehead atoms. The topological polar surface area (TPSA) is 32.9 Å². The average Bonchev–Trinajstić information content (AvgIpc) is 2.59. The monoisotopic (exact) mass is 215 g/mol. The molecule has 1 unspecified atom stereocenters. The maximum atomic E-state index is 11.1. The Bertz CT molecular complexity index is 525. The van der Waals surface area contributed by atoms with Gasteiger partial charge in [-0.15, -0.1) is 0 Å². The number of aromatic nitrogens is 1. The smallest absolute Gasteiger partial charge is 0.130 e. The van der Waals surface area contributed by atoms with Gasteiger partial charge in [0, 0.05) is 23.5 Å². The van der Waals surface area contributed by atoms with E-state index in [0.29, 0.717) is 6.42 Å². The van der Waals surface area contributed by atoms with Gasteiger partial charge in [-0.1, -0.05) is 19.1 Å². The van der Waals surface area contributed by atoms with E-state index >= 15 is 0 Å². The lowest BCUT2D eigenvalue weighted by Gasteiger charge is -2.07. The summed E-state index contributed by atoms with van der Waals surface area (Å²) < 4.78 is 0. The number of ketones is 1. The molecule has 1 N–H and O–H groups in total. The van der Waals surface area contributed by atoms with Crippen molar-refractivity contribution in [1.82, 2.24) is 4.98 Å². The van der Waals surface area contributed by atoms with Crippen molar-refractivity contribution in [2.75, 3.05) is 0 Å². The summed E-state index contributed by atoms with van der Waals surface area (Å²) in [6.45, 7) is 5.83. The van der Waals surface area contributed by atoms with Crippen molar-refractivity contribution in [2.45, 2.75) is 33.1 Å². The van der Waals surface area contributed by atoms with Crippen molar-refractivity contribution in [2.24, 2.45) is 0 Å². The van der Waals surface area contributed by atoms with Gasteiger partial charge in [0.15, 0.2) is 0 Å². The fourth-order valence-corrected chi connectivity index (χ4v) is 2.21. The van der Waals surface area contributed by atoms with E-state index in [1.54, 1.807) is 6.92 Å². The van der Waals surface area contributed by atoms with Crippen molar-refractivity contribution in [3.63, 3.8) is 0 Å². The zero-order valence-corrected chi connectivity index (χ0v) is 10.0. The lowest BCUT2D eigenvalue weighted by Crippen LogP contribution is -1.99. The van der Waals surface area contributed by atoms with E-state index in [0.717, 1.165) is 5.52 Å². The number of fused-ring (bicyclic) bond motifs is 1. The molecule has 16 heavy (non-hydrogen) atoms. The summed E-state index contributed by atoms with van der Waals surface area (Å²) in [5.41, 5.74) is 3.65. The molecule has 0 aliphatic heterocycles. The van der Waals surface area contributed by atoms with Gasteiger partial charge >= 0.3 is 0 Å². The fraction of sp³-hybridized carbons (Fsp3) is 0.357. The number of aryl methyl sites for hydroxylation is 1. The largest absolute Gasteiger partial charge is 0.361 e. The van der Waals surface area contributed by atoms with Crippen LogP contribution in [0.4, 0.5) is 0 Å². The molecule has 2 rings (SSSR count). The van der Waals surface area contributed by atoms with Crippen LogP contribution in [0.25, 0.3) is 10.9 Å². The molecule has 0 saturated carbocycles. The highest BCUT2D eigenvalue weighted by Crippen LogP contribution is 2.28. The van der Waals surface area contributed by atoms with Gasteiger partial charge < -0.3 is 9.78 Å². The molecular weight excluding hydrogens is 198 g/mol. The van der Waals surface area contributed by atoms with Crippen LogP contribution in [0.1, 0.15) is 37.3 Å². The molecule has 0 saturated heterocycles. The molecule has 1 heterocycles. The molecular formula is C14H17NO. The maximum absolute atomic E-state index is 11.1. The van der Waals surface area contributed by atoms with Crippen molar-refractivity contribution >= 4 is 16.7 Å². The Balaban J connectivity index is 2.41. The summed E-state index contributed by atoms with van der Waals surface area (Å²) in [4.78, 5) is 14.4. The minimum absolute atomic E-state index is 0.244. The Morgan fingerprint density at radius 3 is 2.88 bits per heavy atom. The third-order valence-electron chi connectivity index (χ3n) is 2.99. The first kappa shape index (κ1) is 10.9. The first-order valence-corrected chi connectivity index (χ1v) is 5.65. The summed E-state index contributed by atoms with van der Waals surface area (Å²) >= 11 is 0. The van der Waals surface area contributed by atoms with E-state index in [1.165, 1.54) is 16.5 Å². The van der Waals surface area contributed by atoms with E-state index in [9.17, 15) is 4.79 Å². The molecule has 2 heteroatoms. The number of Topliss-reactive ketones (excluding diaryl/α,β-unsaturated/α-hetero) is 1. The first-order chi connectivity index (χ1) is 7.58. The zero-order chi connectivity index (χ0) is 11.7. The number of hydrogen-bond acceptors (Lipinski definition) is 1. The van der Waals surface area contributed by atoms with Gasteiger partial charge in [-0.2, -0.15) is 0 Å². The van der Waals surface area contributed by atoms with Crippen LogP contribution in [0.5, 0.6) is 0 Å². The molecule has 0 fully saturated rings. The number of carbonyl (C=O) groups excluding carboxylic acids is 1. The Hall–Kier alpha value is -1.57. The second-order valence-electron chi connectivity index (χ2n) is 4.60. The second-order valence-corrected chi connectivity index (χ2v) is 4.60. The molecule has 0 amide bonds. The summed E-state index contributed by atoms with van der Waals surface area (Å²) in [7, 11) is 0. The summed E-state index contributed by atoms with van der Waals surface area (Å²) in [6.07, 6.45) is 2.64. The van der Waals surface area contributed by atoms with Gasteiger partial charge in [0.2, 0.25) is 0 Å². The number of nitrogens with one attached hydrogen (secondary N) is 1. The normalized spacial score (nSPS) is 12.9. The Morgan fingerprint density at radius 1 is 1.44 bits per heavy atom. The molecule has 2 nitrogen and oxygen atoms in total. The summed E-state index contributed by atoms with van der Waals surface area (Å²) in [6, 6.07) is 6.38. The Kier molecular flexibility index (Phi) is 2.82. The standard InChI is InChI=1S/C14H17NO/c1-9-4-5-12-13(8-15-14(12)6-9)10(2)7-11(3)16/h4-6,8,10,15H,7H2,1-3H3. The molecule has 0 aliphatic carbocycles. The van der Waals surface area contributed by atoms with Crippen LogP contribution in [0.2, 0.25) is 0 Å². The zero-order valence-electron chi connectivity index (χ0n) is 10.0. The van der Waals surface area contributed by atoms with Crippen molar-refractivity contribution in [1.29, 1.82) is 0 Å². The molecule has 0 spiro atoms. The van der Waals surface area contributed by atoms with Crippen LogP contribution >= 0.6 is 0 Å². The molecule has 0 radical (unpaired) electrons. The predicted molar refractivity (Wildman–Crippen MR) is 66.7 cm³/mol. The highest BCUT2D eigenvalue weighted by Gasteiger charge is 2.12. The Morgan fingerprint density at radius 2 is 2.19 bits per heavy atom. The SMILES string of the molecule is CC(=O)CC(C)c1c[nH]c2cc(C)ccc12. The van der Waals surface area contributed by atoms with Crippen molar-refractivity contribution < 1.29 is 4.79 Å². The van der Waals surface area contributed by atoms with Crippen LogP contribution in [0.3, 0.4) is 0 Å². The number of hydrogen-bond donors (Lipinski definition) is 1. The Labute approximate surface area is 95.7 Å². The first-order valence-electron chi connectivity index (χ1n) is 5.65. The van der Waals surface area contributed by atoms with Crippen LogP contribution in [0, 0.1) is 6.92 Å². The third kappa shape index (κ3) is 2.01. The average molecular weight is 215 g/mol. The van der Waals surface area contributed by atoms with Gasteiger partial charge in [0.25, 0.3) is 0 Å². The van der Waals surface area contributed by atoms with Crippen LogP contribution < -0.4 is 0 Å². The van der Waals surface area contributed by atoms with E-state index in [-0.39, 0.29) is 11.7 Å². The van der Waals surface area contributed by atoms with E-state index < -0.39 is 0 Å². The molecule has 1 aromatic carbocycles. The highest BCUT2D eigenvalue weighted by molar-refractivity contribution is 5.85. The van der Waals surface area contributed by atoms with Crippen LogP contribution in [-0.2, 0) is 4.79 Å². The van der Waals surface area contributed by atoms with Gasteiger partial charge in [0.05, 0.1) is 0 Å². The quantitative estimate of drug-likeness (QED) is 0.834. The van der Waals surface area contributed by atoms with Crippen molar-refractivity contribution in [3.8, 4) is 0 Å². The number of benzene rings is 1. The summed E-state index contributed by atoms with van der Waals surface area (Å²) in [5, 5.41) is 1.24. The molecule has 1 aromatic heterocycles. The number of carbonyl (C=O) groups is 1. The number of rotatable bonds is 3. The summed E-state index contributed by atoms with van der Waals surface area (Å²) in [5.74, 6) is 0.530. The van der Waals surface area contributed by atoms with Gasteiger partial charge in [-0.05, 0) is 37.0 Å². The third-order valence-corrected chi connectivity index (χ3v) is 2.99. The van der Waals surface area contributed by atoms with Gasteiger partial charge in [0.1, 0.15) is 5.78 Å². The van der Waals surface area contributed by atoms with Crippen LogP contribution in [-0.4, -0.2) is 10.8 Å². The molecule has 84 valence electrons. The van der Waals surface area contributed by atoms with Gasteiger partial charge in [-0.3, -0.25) is 0 Å². The van der Waals surface area contributed by atoms with E-state index in [1.807, 2.05) is 6.20 Å². The van der Waals surface area contributed by atoms with Crippen LogP contribution in [0.15, 0.2) is 24.4 Å².